The van der Waals surface area contributed by atoms with Crippen molar-refractivity contribution in [1.29, 1.82) is 0 Å². The van der Waals surface area contributed by atoms with Crippen molar-refractivity contribution >= 4 is 21.6 Å². The van der Waals surface area contributed by atoms with Crippen LogP contribution in [0.1, 0.15) is 57.1 Å². The summed E-state index contributed by atoms with van der Waals surface area (Å²) < 4.78 is 26.2. The minimum atomic E-state index is -3.47. The fourth-order valence-electron chi connectivity index (χ4n) is 2.84. The molecule has 0 aliphatic carbocycles. The average molecular weight is 369 g/mol. The van der Waals surface area contributed by atoms with E-state index in [4.69, 9.17) is 0 Å². The van der Waals surface area contributed by atoms with Crippen molar-refractivity contribution in [3.8, 4) is 0 Å². The summed E-state index contributed by atoms with van der Waals surface area (Å²) in [6, 6.07) is 5.81. The molecule has 1 aromatic carbocycles. The highest BCUT2D eigenvalue weighted by Gasteiger charge is 2.24. The Kier molecular flexibility index (Phi) is 7.93. The molecule has 0 spiro atoms. The summed E-state index contributed by atoms with van der Waals surface area (Å²) in [6.45, 7) is 8.95. The van der Waals surface area contributed by atoms with E-state index in [1.165, 1.54) is 10.6 Å². The number of nitrogens with zero attached hydrogens (tertiary/aromatic N) is 2. The number of hydrogen-bond donors (Lipinski definition) is 0. The van der Waals surface area contributed by atoms with Gasteiger partial charge >= 0.3 is 0 Å². The molecule has 1 aromatic rings. The molecule has 0 bridgehead atoms. The van der Waals surface area contributed by atoms with Gasteiger partial charge in [0.25, 0.3) is 0 Å². The van der Waals surface area contributed by atoms with Crippen molar-refractivity contribution in [2.45, 2.75) is 52.9 Å². The number of sulfonamides is 1. The second-order valence-corrected chi connectivity index (χ2v) is 8.83. The Balaban J connectivity index is 3.08. The number of anilines is 1. The Morgan fingerprint density at radius 3 is 2.36 bits per heavy atom. The van der Waals surface area contributed by atoms with Crippen LogP contribution >= 0.6 is 0 Å². The molecule has 0 saturated heterocycles. The van der Waals surface area contributed by atoms with Crippen molar-refractivity contribution < 1.29 is 13.2 Å². The fourth-order valence-corrected chi connectivity index (χ4v) is 3.84. The van der Waals surface area contributed by atoms with E-state index in [-0.39, 0.29) is 24.8 Å². The van der Waals surface area contributed by atoms with Crippen molar-refractivity contribution in [2.75, 3.05) is 30.7 Å². The molecule has 0 aliphatic heterocycles. The van der Waals surface area contributed by atoms with Gasteiger partial charge in [-0.25, -0.2) is 8.42 Å². The third kappa shape index (κ3) is 6.03. The molecule has 0 unspecified atom stereocenters. The minimum Gasteiger partial charge on any atom is -0.346 e. The van der Waals surface area contributed by atoms with Crippen LogP contribution in [0, 0.1) is 6.92 Å². The third-order valence-electron chi connectivity index (χ3n) is 4.34. The highest BCUT2D eigenvalue weighted by Crippen LogP contribution is 2.32. The summed E-state index contributed by atoms with van der Waals surface area (Å²) in [6.07, 6.45) is 3.36. The number of hydrogen-bond acceptors (Lipinski definition) is 3. The predicted octanol–water partition coefficient (Wildman–Crippen LogP) is 3.53. The largest absolute Gasteiger partial charge is 0.346 e. The van der Waals surface area contributed by atoms with Crippen LogP contribution in [0.4, 0.5) is 5.69 Å². The molecule has 6 heteroatoms. The molecule has 0 atom stereocenters. The number of carbonyl (C=O) groups is 1. The average Bonchev–Trinajstić information content (AvgIpc) is 2.52. The first-order valence-corrected chi connectivity index (χ1v) is 10.8. The molecule has 0 aromatic heterocycles. The SMILES string of the molecule is CCCCN(C)C(=O)CCN(c1c(C)cccc1C(C)C)S(C)(=O)=O. The van der Waals surface area contributed by atoms with Crippen LogP contribution in [-0.2, 0) is 14.8 Å². The summed E-state index contributed by atoms with van der Waals surface area (Å²) in [7, 11) is -1.70. The summed E-state index contributed by atoms with van der Waals surface area (Å²) in [5, 5.41) is 0. The molecule has 142 valence electrons. The number of rotatable bonds is 9. The van der Waals surface area contributed by atoms with E-state index in [0.29, 0.717) is 12.2 Å². The highest BCUT2D eigenvalue weighted by atomic mass is 32.2. The Hall–Kier alpha value is -1.56. The molecule has 0 heterocycles. The highest BCUT2D eigenvalue weighted by molar-refractivity contribution is 7.92. The summed E-state index contributed by atoms with van der Waals surface area (Å²) in [5.41, 5.74) is 2.60. The van der Waals surface area contributed by atoms with E-state index in [1.54, 1.807) is 11.9 Å². The molecule has 0 aliphatic rings. The molecule has 1 amide bonds. The molecule has 0 N–H and O–H groups in total. The number of unbranched alkanes of at least 4 members (excludes halogenated alkanes) is 1. The number of benzene rings is 1. The molecule has 5 nitrogen and oxygen atoms in total. The zero-order chi connectivity index (χ0) is 19.2. The standard InChI is InChI=1S/C19H32N2O3S/c1-7-8-13-20(5)18(22)12-14-21(25(6,23)24)19-16(4)10-9-11-17(19)15(2)3/h9-11,15H,7-8,12-14H2,1-6H3. The summed E-state index contributed by atoms with van der Waals surface area (Å²) in [5.74, 6) is 0.170. The zero-order valence-corrected chi connectivity index (χ0v) is 17.2. The van der Waals surface area contributed by atoms with Crippen LogP contribution in [0.3, 0.4) is 0 Å². The molecule has 0 saturated carbocycles. The van der Waals surface area contributed by atoms with Gasteiger partial charge in [-0.1, -0.05) is 45.4 Å². The van der Waals surface area contributed by atoms with Crippen molar-refractivity contribution in [3.63, 3.8) is 0 Å². The maximum absolute atomic E-state index is 12.4. The summed E-state index contributed by atoms with van der Waals surface area (Å²) in [4.78, 5) is 14.0. The molecule has 0 fully saturated rings. The number of carbonyl (C=O) groups excluding carboxylic acids is 1. The second-order valence-electron chi connectivity index (χ2n) is 6.92. The van der Waals surface area contributed by atoms with E-state index in [2.05, 4.69) is 6.92 Å². The molecule has 25 heavy (non-hydrogen) atoms. The van der Waals surface area contributed by atoms with Crippen LogP contribution in [0.15, 0.2) is 18.2 Å². The van der Waals surface area contributed by atoms with Gasteiger partial charge in [-0.3, -0.25) is 9.10 Å². The lowest BCUT2D eigenvalue weighted by atomic mass is 9.98. The maximum atomic E-state index is 12.4. The number of aryl methyl sites for hydroxylation is 1. The lowest BCUT2D eigenvalue weighted by Crippen LogP contribution is -2.36. The lowest BCUT2D eigenvalue weighted by Gasteiger charge is -2.28. The van der Waals surface area contributed by atoms with Crippen molar-refractivity contribution in [1.82, 2.24) is 4.90 Å². The van der Waals surface area contributed by atoms with Gasteiger partial charge in [0.15, 0.2) is 0 Å². The van der Waals surface area contributed by atoms with E-state index < -0.39 is 10.0 Å². The number of para-hydroxylation sites is 1. The van der Waals surface area contributed by atoms with Crippen LogP contribution in [0.2, 0.25) is 0 Å². The van der Waals surface area contributed by atoms with Gasteiger partial charge < -0.3 is 4.90 Å². The van der Waals surface area contributed by atoms with Crippen LogP contribution in [0.25, 0.3) is 0 Å². The topological polar surface area (TPSA) is 57.7 Å². The predicted molar refractivity (Wildman–Crippen MR) is 105 cm³/mol. The van der Waals surface area contributed by atoms with E-state index in [9.17, 15) is 13.2 Å². The molecule has 0 radical (unpaired) electrons. The monoisotopic (exact) mass is 368 g/mol. The Labute approximate surface area is 153 Å². The van der Waals surface area contributed by atoms with Gasteiger partial charge in [0.1, 0.15) is 0 Å². The molecular formula is C19H32N2O3S. The Morgan fingerprint density at radius 2 is 1.84 bits per heavy atom. The van der Waals surface area contributed by atoms with Gasteiger partial charge in [0, 0.05) is 26.6 Å². The first-order valence-electron chi connectivity index (χ1n) is 8.90. The first-order chi connectivity index (χ1) is 11.6. The smallest absolute Gasteiger partial charge is 0.232 e. The van der Waals surface area contributed by atoms with Gasteiger partial charge in [-0.05, 0) is 30.4 Å². The zero-order valence-electron chi connectivity index (χ0n) is 16.4. The van der Waals surface area contributed by atoms with Gasteiger partial charge in [0.2, 0.25) is 15.9 Å². The summed E-state index contributed by atoms with van der Waals surface area (Å²) >= 11 is 0. The molecular weight excluding hydrogens is 336 g/mol. The van der Waals surface area contributed by atoms with Gasteiger partial charge in [-0.2, -0.15) is 0 Å². The van der Waals surface area contributed by atoms with Crippen LogP contribution in [-0.4, -0.2) is 45.6 Å². The van der Waals surface area contributed by atoms with E-state index >= 15 is 0 Å². The normalized spacial score (nSPS) is 11.6. The number of amides is 1. The minimum absolute atomic E-state index is 0.0261. The lowest BCUT2D eigenvalue weighted by molar-refractivity contribution is -0.129. The van der Waals surface area contributed by atoms with Crippen LogP contribution < -0.4 is 4.31 Å². The Bertz CT molecular complexity index is 684. The fraction of sp³-hybridized carbons (Fsp3) is 0.632. The van der Waals surface area contributed by atoms with Crippen molar-refractivity contribution in [2.24, 2.45) is 0 Å². The van der Waals surface area contributed by atoms with Crippen LogP contribution in [0.5, 0.6) is 0 Å². The third-order valence-corrected chi connectivity index (χ3v) is 5.51. The Morgan fingerprint density at radius 1 is 1.20 bits per heavy atom. The van der Waals surface area contributed by atoms with Crippen molar-refractivity contribution in [3.05, 3.63) is 29.3 Å². The van der Waals surface area contributed by atoms with Gasteiger partial charge in [-0.15, -0.1) is 0 Å². The van der Waals surface area contributed by atoms with E-state index in [0.717, 1.165) is 24.0 Å². The first kappa shape index (κ1) is 21.5. The quantitative estimate of drug-likeness (QED) is 0.670. The molecule has 1 rings (SSSR count). The van der Waals surface area contributed by atoms with Gasteiger partial charge in [0.05, 0.1) is 11.9 Å². The maximum Gasteiger partial charge on any atom is 0.232 e. The van der Waals surface area contributed by atoms with E-state index in [1.807, 2.05) is 39.0 Å². The second kappa shape index (κ2) is 9.22.